The maximum absolute atomic E-state index is 13.3. The summed E-state index contributed by atoms with van der Waals surface area (Å²) in [6.45, 7) is 0. The molecule has 3 heterocycles. The van der Waals surface area contributed by atoms with Gasteiger partial charge in [0.2, 0.25) is 10.3 Å². The van der Waals surface area contributed by atoms with Crippen molar-refractivity contribution in [3.8, 4) is 17.0 Å². The van der Waals surface area contributed by atoms with Crippen LogP contribution < -0.4 is 15.2 Å². The van der Waals surface area contributed by atoms with Crippen molar-refractivity contribution in [2.24, 2.45) is 10.2 Å². The van der Waals surface area contributed by atoms with Crippen molar-refractivity contribution in [3.05, 3.63) is 77.1 Å². The van der Waals surface area contributed by atoms with Crippen molar-refractivity contribution in [1.29, 1.82) is 0 Å². The Labute approximate surface area is 191 Å². The van der Waals surface area contributed by atoms with Gasteiger partial charge in [-0.3, -0.25) is 10.2 Å². The second-order valence-corrected chi connectivity index (χ2v) is 8.32. The molecule has 0 spiro atoms. The Morgan fingerprint density at radius 3 is 2.56 bits per heavy atom. The fourth-order valence-electron chi connectivity index (χ4n) is 3.05. The highest BCUT2D eigenvalue weighted by molar-refractivity contribution is 7.14. The van der Waals surface area contributed by atoms with E-state index in [0.717, 1.165) is 22.6 Å². The van der Waals surface area contributed by atoms with Crippen LogP contribution in [0.5, 0.6) is 5.75 Å². The van der Waals surface area contributed by atoms with Gasteiger partial charge in [0.05, 0.1) is 12.8 Å². The van der Waals surface area contributed by atoms with Crippen LogP contribution in [-0.2, 0) is 4.79 Å². The average molecular weight is 461 g/mol. The number of hydrogen-bond acceptors (Lipinski definition) is 9. The monoisotopic (exact) mass is 460 g/mol. The molecule has 1 N–H and O–H groups in total. The molecule has 0 radical (unpaired) electrons. The first-order valence-electron chi connectivity index (χ1n) is 9.55. The van der Waals surface area contributed by atoms with E-state index in [4.69, 9.17) is 4.74 Å². The third kappa shape index (κ3) is 3.88. The maximum atomic E-state index is 13.3. The smallest absolute Gasteiger partial charge is 0.303 e. The first-order chi connectivity index (χ1) is 15.7. The van der Waals surface area contributed by atoms with E-state index in [1.54, 1.807) is 13.3 Å². The number of methoxy groups -OCH3 is 1. The zero-order valence-electron chi connectivity index (χ0n) is 16.8. The summed E-state index contributed by atoms with van der Waals surface area (Å²) >= 11 is 2.73. The second kappa shape index (κ2) is 8.69. The summed E-state index contributed by atoms with van der Waals surface area (Å²) in [7, 11) is 1.62. The van der Waals surface area contributed by atoms with Crippen LogP contribution >= 0.6 is 22.7 Å². The van der Waals surface area contributed by atoms with Crippen LogP contribution in [0, 0.1) is 0 Å². The lowest BCUT2D eigenvalue weighted by molar-refractivity contribution is -0.112. The van der Waals surface area contributed by atoms with Gasteiger partial charge < -0.3 is 4.74 Å². The Morgan fingerprint density at radius 1 is 1.03 bits per heavy atom. The number of thiazole rings is 2. The summed E-state index contributed by atoms with van der Waals surface area (Å²) in [6, 6.07) is 17.1. The van der Waals surface area contributed by atoms with E-state index in [1.165, 1.54) is 27.7 Å². The van der Waals surface area contributed by atoms with Gasteiger partial charge in [0.25, 0.3) is 0 Å². The summed E-state index contributed by atoms with van der Waals surface area (Å²) in [4.78, 5) is 22.0. The van der Waals surface area contributed by atoms with Crippen LogP contribution in [0.1, 0.15) is 5.56 Å². The highest BCUT2D eigenvalue weighted by Gasteiger charge is 2.35. The topological polar surface area (TPSA) is 92.1 Å². The number of nitrogens with one attached hydrogen (secondary N) is 1. The van der Waals surface area contributed by atoms with Gasteiger partial charge in [0.15, 0.2) is 5.71 Å². The molecule has 1 amide bonds. The SMILES string of the molecule is COc1ccc(-c2csc(N3N=C(c4ccccc4)/C(=N\Nc4nccs4)C3=O)n2)cc1. The van der Waals surface area contributed by atoms with E-state index in [2.05, 4.69) is 25.6 Å². The molecule has 32 heavy (non-hydrogen) atoms. The first-order valence-corrected chi connectivity index (χ1v) is 11.3. The molecule has 0 saturated carbocycles. The molecule has 10 heteroatoms. The van der Waals surface area contributed by atoms with Crippen LogP contribution in [0.15, 0.2) is 81.8 Å². The molecule has 0 fully saturated rings. The van der Waals surface area contributed by atoms with Gasteiger partial charge in [-0.2, -0.15) is 15.2 Å². The Hall–Kier alpha value is -3.89. The number of carbonyl (C=O) groups is 1. The quantitative estimate of drug-likeness (QED) is 0.428. The molecule has 0 unspecified atom stereocenters. The maximum Gasteiger partial charge on any atom is 0.303 e. The van der Waals surface area contributed by atoms with E-state index in [0.29, 0.717) is 16.0 Å². The fourth-order valence-corrected chi connectivity index (χ4v) is 4.30. The zero-order chi connectivity index (χ0) is 21.9. The summed E-state index contributed by atoms with van der Waals surface area (Å²) in [5.41, 5.74) is 5.99. The van der Waals surface area contributed by atoms with Gasteiger partial charge in [0, 0.05) is 28.1 Å². The van der Waals surface area contributed by atoms with Crippen LogP contribution in [0.25, 0.3) is 11.3 Å². The van der Waals surface area contributed by atoms with Crippen molar-refractivity contribution < 1.29 is 9.53 Å². The summed E-state index contributed by atoms with van der Waals surface area (Å²) < 4.78 is 5.21. The molecule has 5 rings (SSSR count). The molecule has 0 bridgehead atoms. The number of anilines is 2. The summed E-state index contributed by atoms with van der Waals surface area (Å²) in [6.07, 6.45) is 1.67. The molecule has 8 nitrogen and oxygen atoms in total. The van der Waals surface area contributed by atoms with Crippen molar-refractivity contribution in [2.45, 2.75) is 0 Å². The van der Waals surface area contributed by atoms with Gasteiger partial charge >= 0.3 is 5.91 Å². The summed E-state index contributed by atoms with van der Waals surface area (Å²) in [5.74, 6) is 0.410. The lowest BCUT2D eigenvalue weighted by Gasteiger charge is -2.06. The zero-order valence-corrected chi connectivity index (χ0v) is 18.4. The van der Waals surface area contributed by atoms with E-state index in [1.807, 2.05) is 65.4 Å². The fraction of sp³-hybridized carbons (Fsp3) is 0.0455. The van der Waals surface area contributed by atoms with Crippen LogP contribution in [0.3, 0.4) is 0 Å². The normalized spacial score (nSPS) is 14.7. The number of nitrogens with zero attached hydrogens (tertiary/aromatic N) is 5. The highest BCUT2D eigenvalue weighted by atomic mass is 32.1. The molecule has 2 aromatic heterocycles. The van der Waals surface area contributed by atoms with Gasteiger partial charge in [-0.25, -0.2) is 9.97 Å². The molecule has 1 aliphatic heterocycles. The van der Waals surface area contributed by atoms with Crippen molar-refractivity contribution in [3.63, 3.8) is 0 Å². The van der Waals surface area contributed by atoms with E-state index in [-0.39, 0.29) is 11.6 Å². The molecule has 0 saturated heterocycles. The predicted molar refractivity (Wildman–Crippen MR) is 128 cm³/mol. The molecular formula is C22H16N6O2S2. The molecule has 1 aliphatic rings. The number of aromatic nitrogens is 2. The van der Waals surface area contributed by atoms with Crippen molar-refractivity contribution in [1.82, 2.24) is 9.97 Å². The number of ether oxygens (including phenoxy) is 1. The third-order valence-corrected chi connectivity index (χ3v) is 6.12. The third-order valence-electron chi connectivity index (χ3n) is 4.62. The second-order valence-electron chi connectivity index (χ2n) is 6.58. The minimum atomic E-state index is -0.358. The Morgan fingerprint density at radius 2 is 1.84 bits per heavy atom. The minimum Gasteiger partial charge on any atom is -0.497 e. The Kier molecular flexibility index (Phi) is 5.44. The number of rotatable bonds is 6. The predicted octanol–water partition coefficient (Wildman–Crippen LogP) is 4.49. The number of amides is 1. The highest BCUT2D eigenvalue weighted by Crippen LogP contribution is 2.31. The van der Waals surface area contributed by atoms with Gasteiger partial charge in [-0.05, 0) is 24.3 Å². The Balaban J connectivity index is 1.48. The lowest BCUT2D eigenvalue weighted by atomic mass is 10.1. The molecule has 0 aliphatic carbocycles. The first kappa shape index (κ1) is 20.0. The molecule has 4 aromatic rings. The van der Waals surface area contributed by atoms with Crippen LogP contribution in [0.4, 0.5) is 10.3 Å². The molecule has 2 aromatic carbocycles. The number of hydrogen-bond donors (Lipinski definition) is 1. The van der Waals surface area contributed by atoms with Crippen LogP contribution in [-0.4, -0.2) is 34.4 Å². The van der Waals surface area contributed by atoms with Gasteiger partial charge in [-0.15, -0.1) is 22.7 Å². The van der Waals surface area contributed by atoms with E-state index in [9.17, 15) is 4.79 Å². The molecular weight excluding hydrogens is 444 g/mol. The van der Waals surface area contributed by atoms with Crippen molar-refractivity contribution in [2.75, 3.05) is 17.5 Å². The van der Waals surface area contributed by atoms with Crippen molar-refractivity contribution >= 4 is 50.3 Å². The van der Waals surface area contributed by atoms with Crippen LogP contribution in [0.2, 0.25) is 0 Å². The number of carbonyl (C=O) groups excluding carboxylic acids is 1. The van der Waals surface area contributed by atoms with E-state index < -0.39 is 0 Å². The standard InChI is InChI=1S/C22H16N6O2S2/c1-30-16-9-7-14(8-10-16)17-13-32-22(24-17)28-20(29)19(25-26-21-23-11-12-31-21)18(27-28)15-5-3-2-4-6-15/h2-13H,1H3,(H,23,26)/b25-19+. The summed E-state index contributed by atoms with van der Waals surface area (Å²) in [5, 5.41) is 15.0. The lowest BCUT2D eigenvalue weighted by Crippen LogP contribution is -2.28. The molecule has 0 atom stereocenters. The van der Waals surface area contributed by atoms with E-state index >= 15 is 0 Å². The Bertz CT molecular complexity index is 1300. The largest absolute Gasteiger partial charge is 0.497 e. The minimum absolute atomic E-state index is 0.201. The number of benzene rings is 2. The molecule has 158 valence electrons. The van der Waals surface area contributed by atoms with Gasteiger partial charge in [-0.1, -0.05) is 30.3 Å². The van der Waals surface area contributed by atoms with Gasteiger partial charge in [0.1, 0.15) is 11.5 Å². The average Bonchev–Trinajstić information content (AvgIpc) is 3.59. The number of hydrazone groups is 2.